The number of nitrogens with one attached hydrogen (secondary N) is 1. The van der Waals surface area contributed by atoms with Crippen LogP contribution in [-0.4, -0.2) is 34.2 Å². The van der Waals surface area contributed by atoms with Gasteiger partial charge in [0.25, 0.3) is 10.0 Å². The molecule has 2 aromatic rings. The van der Waals surface area contributed by atoms with Crippen molar-refractivity contribution in [2.75, 3.05) is 17.8 Å². The lowest BCUT2D eigenvalue weighted by atomic mass is 9.86. The van der Waals surface area contributed by atoms with Crippen LogP contribution in [0.25, 0.3) is 0 Å². The highest BCUT2D eigenvalue weighted by atomic mass is 32.2. The fourth-order valence-corrected chi connectivity index (χ4v) is 5.89. The molecule has 28 heavy (non-hydrogen) atoms. The van der Waals surface area contributed by atoms with Gasteiger partial charge in [0.1, 0.15) is 0 Å². The summed E-state index contributed by atoms with van der Waals surface area (Å²) in [4.78, 5) is 0.139. The maximum absolute atomic E-state index is 12.8. The van der Waals surface area contributed by atoms with E-state index >= 15 is 0 Å². The highest BCUT2D eigenvalue weighted by Crippen LogP contribution is 2.31. The standard InChI is InChI=1S/C20H26N2O4S2/c1-20(2,3)18-8-4-5-9-19(18)21-27(23,24)16-10-12-17(13-11-16)28(25,26)22-14-6-7-15-22/h4-5,8-13,21H,6-7,14-15H2,1-3H3. The average molecular weight is 423 g/mol. The lowest BCUT2D eigenvalue weighted by molar-refractivity contribution is 0.477. The van der Waals surface area contributed by atoms with Gasteiger partial charge in [-0.05, 0) is 54.2 Å². The monoisotopic (exact) mass is 422 g/mol. The molecule has 1 heterocycles. The first-order chi connectivity index (χ1) is 13.0. The quantitative estimate of drug-likeness (QED) is 0.798. The van der Waals surface area contributed by atoms with Crippen molar-refractivity contribution in [3.63, 3.8) is 0 Å². The summed E-state index contributed by atoms with van der Waals surface area (Å²) < 4.78 is 54.9. The van der Waals surface area contributed by atoms with Gasteiger partial charge in [0.2, 0.25) is 10.0 Å². The molecule has 152 valence electrons. The van der Waals surface area contributed by atoms with Gasteiger partial charge < -0.3 is 0 Å². The van der Waals surface area contributed by atoms with Crippen molar-refractivity contribution in [2.24, 2.45) is 0 Å². The molecule has 0 aromatic heterocycles. The molecule has 0 unspecified atom stereocenters. The predicted octanol–water partition coefficient (Wildman–Crippen LogP) is 3.57. The third-order valence-electron chi connectivity index (χ3n) is 4.82. The summed E-state index contributed by atoms with van der Waals surface area (Å²) in [6, 6.07) is 12.7. The molecule has 1 aliphatic rings. The van der Waals surface area contributed by atoms with E-state index in [1.165, 1.54) is 28.6 Å². The summed E-state index contributed by atoms with van der Waals surface area (Å²) in [5.74, 6) is 0. The summed E-state index contributed by atoms with van der Waals surface area (Å²) >= 11 is 0. The van der Waals surface area contributed by atoms with E-state index in [0.717, 1.165) is 18.4 Å². The van der Waals surface area contributed by atoms with Crippen LogP contribution in [0.3, 0.4) is 0 Å². The van der Waals surface area contributed by atoms with Crippen molar-refractivity contribution in [2.45, 2.75) is 48.8 Å². The lowest BCUT2D eigenvalue weighted by Gasteiger charge is -2.23. The fourth-order valence-electron chi connectivity index (χ4n) is 3.30. The molecular weight excluding hydrogens is 396 g/mol. The number of anilines is 1. The second-order valence-electron chi connectivity index (χ2n) is 7.98. The molecule has 0 saturated carbocycles. The van der Waals surface area contributed by atoms with Crippen molar-refractivity contribution in [1.29, 1.82) is 0 Å². The number of sulfonamides is 2. The van der Waals surface area contributed by atoms with Crippen molar-refractivity contribution >= 4 is 25.7 Å². The molecule has 0 spiro atoms. The molecule has 6 nitrogen and oxygen atoms in total. The highest BCUT2D eigenvalue weighted by molar-refractivity contribution is 7.92. The number of hydrogen-bond donors (Lipinski definition) is 1. The molecule has 8 heteroatoms. The molecule has 3 rings (SSSR count). The van der Waals surface area contributed by atoms with Crippen LogP contribution in [-0.2, 0) is 25.5 Å². The van der Waals surface area contributed by atoms with Gasteiger partial charge in [-0.15, -0.1) is 0 Å². The van der Waals surface area contributed by atoms with Crippen LogP contribution in [0.4, 0.5) is 5.69 Å². The first kappa shape index (κ1) is 20.8. The summed E-state index contributed by atoms with van der Waals surface area (Å²) in [7, 11) is -7.40. The first-order valence-corrected chi connectivity index (χ1v) is 12.2. The van der Waals surface area contributed by atoms with Gasteiger partial charge in [-0.3, -0.25) is 4.72 Å². The Morgan fingerprint density at radius 1 is 0.821 bits per heavy atom. The fraction of sp³-hybridized carbons (Fsp3) is 0.400. The average Bonchev–Trinajstić information content (AvgIpc) is 3.16. The van der Waals surface area contributed by atoms with E-state index in [9.17, 15) is 16.8 Å². The predicted molar refractivity (Wildman–Crippen MR) is 110 cm³/mol. The van der Waals surface area contributed by atoms with Gasteiger partial charge in [0, 0.05) is 13.1 Å². The molecule has 1 N–H and O–H groups in total. The Balaban J connectivity index is 1.88. The topological polar surface area (TPSA) is 83.5 Å². The van der Waals surface area contributed by atoms with Crippen molar-refractivity contribution < 1.29 is 16.8 Å². The van der Waals surface area contributed by atoms with Crippen LogP contribution in [0.5, 0.6) is 0 Å². The summed E-state index contributed by atoms with van der Waals surface area (Å²) in [5, 5.41) is 0. The van der Waals surface area contributed by atoms with Crippen LogP contribution < -0.4 is 4.72 Å². The Morgan fingerprint density at radius 2 is 1.36 bits per heavy atom. The lowest BCUT2D eigenvalue weighted by Crippen LogP contribution is -2.27. The SMILES string of the molecule is CC(C)(C)c1ccccc1NS(=O)(=O)c1ccc(S(=O)(=O)N2CCCC2)cc1. The zero-order chi connectivity index (χ0) is 20.6. The zero-order valence-corrected chi connectivity index (χ0v) is 18.0. The van der Waals surface area contributed by atoms with E-state index in [0.29, 0.717) is 18.8 Å². The molecule has 0 radical (unpaired) electrons. The zero-order valence-electron chi connectivity index (χ0n) is 16.3. The van der Waals surface area contributed by atoms with Crippen molar-refractivity contribution in [3.8, 4) is 0 Å². The molecule has 0 aliphatic carbocycles. The first-order valence-electron chi connectivity index (χ1n) is 9.24. The van der Waals surface area contributed by atoms with Crippen LogP contribution in [0.1, 0.15) is 39.2 Å². The minimum absolute atomic E-state index is 0.0246. The normalized spacial score (nSPS) is 16.2. The van der Waals surface area contributed by atoms with E-state index < -0.39 is 20.0 Å². The van der Waals surface area contributed by atoms with Crippen molar-refractivity contribution in [1.82, 2.24) is 4.31 Å². The van der Waals surface area contributed by atoms with Gasteiger partial charge in [-0.1, -0.05) is 39.0 Å². The van der Waals surface area contributed by atoms with Gasteiger partial charge in [-0.2, -0.15) is 4.31 Å². The third kappa shape index (κ3) is 4.24. The maximum atomic E-state index is 12.8. The minimum Gasteiger partial charge on any atom is -0.279 e. The van der Waals surface area contributed by atoms with Crippen LogP contribution in [0.15, 0.2) is 58.3 Å². The maximum Gasteiger partial charge on any atom is 0.261 e. The van der Waals surface area contributed by atoms with Crippen LogP contribution in [0.2, 0.25) is 0 Å². The number of para-hydroxylation sites is 1. The Hall–Kier alpha value is -1.90. The van der Waals surface area contributed by atoms with E-state index in [1.807, 2.05) is 32.9 Å². The van der Waals surface area contributed by atoms with Gasteiger partial charge >= 0.3 is 0 Å². The third-order valence-corrected chi connectivity index (χ3v) is 8.11. The van der Waals surface area contributed by atoms with E-state index in [1.54, 1.807) is 12.1 Å². The van der Waals surface area contributed by atoms with E-state index in [2.05, 4.69) is 4.72 Å². The molecule has 0 bridgehead atoms. The van der Waals surface area contributed by atoms with Gasteiger partial charge in [0.05, 0.1) is 15.5 Å². The minimum atomic E-state index is -3.84. The highest BCUT2D eigenvalue weighted by Gasteiger charge is 2.28. The Morgan fingerprint density at radius 3 is 1.93 bits per heavy atom. The summed E-state index contributed by atoms with van der Waals surface area (Å²) in [6.45, 7) is 7.05. The van der Waals surface area contributed by atoms with Crippen LogP contribution >= 0.6 is 0 Å². The number of hydrogen-bond acceptors (Lipinski definition) is 4. The van der Waals surface area contributed by atoms with Crippen LogP contribution in [0, 0.1) is 0 Å². The molecule has 0 atom stereocenters. The number of rotatable bonds is 5. The number of nitrogens with zero attached hydrogens (tertiary/aromatic N) is 1. The largest absolute Gasteiger partial charge is 0.279 e. The van der Waals surface area contributed by atoms with Crippen molar-refractivity contribution in [3.05, 3.63) is 54.1 Å². The van der Waals surface area contributed by atoms with Gasteiger partial charge in [0.15, 0.2) is 0 Å². The molecule has 0 amide bonds. The molecule has 2 aromatic carbocycles. The smallest absolute Gasteiger partial charge is 0.261 e. The van der Waals surface area contributed by atoms with E-state index in [-0.39, 0.29) is 15.2 Å². The molecule has 1 aliphatic heterocycles. The summed E-state index contributed by atoms with van der Waals surface area (Å²) in [6.07, 6.45) is 1.70. The Bertz CT molecular complexity index is 1050. The summed E-state index contributed by atoms with van der Waals surface area (Å²) in [5.41, 5.74) is 1.17. The Labute approximate surface area is 167 Å². The molecule has 1 fully saturated rings. The molecular formula is C20H26N2O4S2. The van der Waals surface area contributed by atoms with Gasteiger partial charge in [-0.25, -0.2) is 16.8 Å². The second-order valence-corrected chi connectivity index (χ2v) is 11.6. The van der Waals surface area contributed by atoms with E-state index in [4.69, 9.17) is 0 Å². The number of benzene rings is 2. The Kier molecular flexibility index (Phi) is 5.58. The second kappa shape index (κ2) is 7.50. The molecule has 1 saturated heterocycles.